The van der Waals surface area contributed by atoms with Gasteiger partial charge in [-0.05, 0) is 23.6 Å². The second kappa shape index (κ2) is 14.8. The van der Waals surface area contributed by atoms with Crippen molar-refractivity contribution < 1.29 is 38.9 Å². The van der Waals surface area contributed by atoms with Crippen LogP contribution in [-0.4, -0.2) is 66.6 Å². The lowest BCUT2D eigenvalue weighted by molar-refractivity contribution is -0.139. The number of aromatic hydroxyl groups is 1. The number of aliphatic carboxylic acids is 1. The molecule has 4 amide bonds. The molecule has 12 heteroatoms. The van der Waals surface area contributed by atoms with E-state index in [1.54, 1.807) is 0 Å². The van der Waals surface area contributed by atoms with E-state index in [1.807, 2.05) is 44.2 Å². The fraction of sp³-hybridized carbons (Fsp3) is 0.360. The van der Waals surface area contributed by atoms with Crippen molar-refractivity contribution in [3.05, 3.63) is 59.7 Å². The van der Waals surface area contributed by atoms with Crippen molar-refractivity contribution >= 4 is 24.0 Å². The molecule has 0 aliphatic rings. The van der Waals surface area contributed by atoms with Gasteiger partial charge in [-0.3, -0.25) is 4.79 Å². The number of urea groups is 1. The Bertz CT molecular complexity index is 1060. The summed E-state index contributed by atoms with van der Waals surface area (Å²) in [6.45, 7) is 4.04. The van der Waals surface area contributed by atoms with E-state index >= 15 is 0 Å². The lowest BCUT2D eigenvalue weighted by Gasteiger charge is -2.16. The number of carbonyl (C=O) groups excluding carboxylic acids is 3. The van der Waals surface area contributed by atoms with Gasteiger partial charge in [0.1, 0.15) is 24.1 Å². The van der Waals surface area contributed by atoms with Crippen LogP contribution in [0.5, 0.6) is 11.5 Å². The Balaban J connectivity index is 1.76. The molecule has 0 fully saturated rings. The third-order valence-electron chi connectivity index (χ3n) is 4.77. The molecule has 12 nitrogen and oxygen atoms in total. The van der Waals surface area contributed by atoms with Crippen LogP contribution in [0, 0.1) is 5.92 Å². The Morgan fingerprint density at radius 2 is 1.70 bits per heavy atom. The van der Waals surface area contributed by atoms with Crippen LogP contribution < -0.4 is 26.0 Å². The molecule has 6 N–H and O–H groups in total. The number of alkyl carbamates (subject to hydrolysis) is 1. The van der Waals surface area contributed by atoms with Crippen LogP contribution in [0.25, 0.3) is 0 Å². The zero-order chi connectivity index (χ0) is 27.2. The van der Waals surface area contributed by atoms with Gasteiger partial charge < -0.3 is 41.0 Å². The van der Waals surface area contributed by atoms with E-state index in [1.165, 1.54) is 18.2 Å². The van der Waals surface area contributed by atoms with Gasteiger partial charge in [0.15, 0.2) is 0 Å². The number of benzene rings is 2. The third kappa shape index (κ3) is 10.8. The first-order valence-corrected chi connectivity index (χ1v) is 11.6. The van der Waals surface area contributed by atoms with Gasteiger partial charge in [-0.15, -0.1) is 0 Å². The van der Waals surface area contributed by atoms with E-state index in [2.05, 4.69) is 21.3 Å². The van der Waals surface area contributed by atoms with Gasteiger partial charge in [0.25, 0.3) is 5.91 Å². The summed E-state index contributed by atoms with van der Waals surface area (Å²) in [5.41, 5.74) is 0.852. The molecule has 2 aromatic carbocycles. The highest BCUT2D eigenvalue weighted by atomic mass is 16.5. The predicted molar refractivity (Wildman–Crippen MR) is 133 cm³/mol. The minimum atomic E-state index is -1.43. The van der Waals surface area contributed by atoms with Crippen LogP contribution in [0.15, 0.2) is 48.5 Å². The van der Waals surface area contributed by atoms with Crippen molar-refractivity contribution in [2.24, 2.45) is 5.92 Å². The molecule has 0 bridgehead atoms. The Kier molecular flexibility index (Phi) is 11.5. The number of hydrogen-bond acceptors (Lipinski definition) is 7. The number of phenolic OH excluding ortho intramolecular Hbond substituents is 1. The monoisotopic (exact) mass is 516 g/mol. The molecule has 0 saturated carbocycles. The second-order valence-corrected chi connectivity index (χ2v) is 8.36. The van der Waals surface area contributed by atoms with Gasteiger partial charge >= 0.3 is 18.1 Å². The van der Waals surface area contributed by atoms with Crippen LogP contribution in [0.3, 0.4) is 0 Å². The van der Waals surface area contributed by atoms with E-state index in [9.17, 15) is 29.4 Å². The maximum atomic E-state index is 12.4. The summed E-state index contributed by atoms with van der Waals surface area (Å²) in [6.07, 6.45) is -0.914. The smallest absolute Gasteiger partial charge is 0.407 e. The van der Waals surface area contributed by atoms with Gasteiger partial charge in [0, 0.05) is 19.2 Å². The molecular weight excluding hydrogens is 484 g/mol. The zero-order valence-electron chi connectivity index (χ0n) is 20.7. The summed E-state index contributed by atoms with van der Waals surface area (Å²) in [5, 5.41) is 29.4. The predicted octanol–water partition coefficient (Wildman–Crippen LogP) is 1.84. The number of carboxylic acids is 1. The fourth-order valence-corrected chi connectivity index (χ4v) is 2.88. The van der Waals surface area contributed by atoms with Crippen molar-refractivity contribution in [1.29, 1.82) is 0 Å². The van der Waals surface area contributed by atoms with Crippen LogP contribution in [0.4, 0.5) is 9.59 Å². The number of carboxylic acid groups (broad SMARTS) is 1. The zero-order valence-corrected chi connectivity index (χ0v) is 20.7. The number of hydrogen-bond donors (Lipinski definition) is 6. The number of phenols is 1. The van der Waals surface area contributed by atoms with Gasteiger partial charge in [0.2, 0.25) is 0 Å². The van der Waals surface area contributed by atoms with Crippen molar-refractivity contribution in [2.45, 2.75) is 26.4 Å². The molecular formula is C25H32N4O8. The molecule has 2 rings (SSSR count). The molecule has 0 aromatic heterocycles. The lowest BCUT2D eigenvalue weighted by atomic mass is 10.1. The Morgan fingerprint density at radius 3 is 2.35 bits per heavy atom. The first-order valence-electron chi connectivity index (χ1n) is 11.6. The van der Waals surface area contributed by atoms with Crippen LogP contribution in [0.1, 0.15) is 29.8 Å². The van der Waals surface area contributed by atoms with Crippen molar-refractivity contribution in [3.63, 3.8) is 0 Å². The fourth-order valence-electron chi connectivity index (χ4n) is 2.88. The Labute approximate surface area is 214 Å². The normalized spacial score (nSPS) is 11.2. The molecule has 1 atom stereocenters. The summed E-state index contributed by atoms with van der Waals surface area (Å²) in [6, 6.07) is 11.6. The van der Waals surface area contributed by atoms with Gasteiger partial charge in [0.05, 0.1) is 18.7 Å². The highest BCUT2D eigenvalue weighted by molar-refractivity contribution is 5.97. The van der Waals surface area contributed by atoms with E-state index in [0.717, 1.165) is 5.56 Å². The number of amides is 4. The Hall–Kier alpha value is -4.48. The second-order valence-electron chi connectivity index (χ2n) is 8.36. The summed E-state index contributed by atoms with van der Waals surface area (Å²) in [5.74, 6) is -2.16. The minimum absolute atomic E-state index is 0.0735. The topological polar surface area (TPSA) is 175 Å². The average Bonchev–Trinajstić information content (AvgIpc) is 2.87. The van der Waals surface area contributed by atoms with E-state index in [4.69, 9.17) is 9.47 Å². The molecule has 0 unspecified atom stereocenters. The standard InChI is InChI=1S/C25H32N4O8/c1-16(2)15-37-25(35)29-20(23(32)33)14-27-22(31)19-9-8-18(12-21(19)30)36-11-10-26-24(34)28-13-17-6-4-3-5-7-17/h3-9,12,16,20,30H,10-11,13-15H2,1-2H3,(H,27,31)(H,29,35)(H,32,33)(H2,26,28,34)/t20-/m0/s1. The number of rotatable bonds is 13. The summed E-state index contributed by atoms with van der Waals surface area (Å²) in [4.78, 5) is 47.3. The number of ether oxygens (including phenoxy) is 2. The molecule has 2 aromatic rings. The molecule has 0 spiro atoms. The minimum Gasteiger partial charge on any atom is -0.507 e. The number of carbonyl (C=O) groups is 4. The molecule has 0 aliphatic carbocycles. The molecule has 0 heterocycles. The quantitative estimate of drug-likeness (QED) is 0.219. The van der Waals surface area contributed by atoms with E-state index in [-0.39, 0.29) is 48.8 Å². The van der Waals surface area contributed by atoms with Gasteiger partial charge in [-0.2, -0.15) is 0 Å². The van der Waals surface area contributed by atoms with Crippen LogP contribution in [0.2, 0.25) is 0 Å². The highest BCUT2D eigenvalue weighted by Gasteiger charge is 2.22. The molecule has 0 aliphatic heterocycles. The molecule has 0 radical (unpaired) electrons. The largest absolute Gasteiger partial charge is 0.507 e. The van der Waals surface area contributed by atoms with Crippen LogP contribution >= 0.6 is 0 Å². The Morgan fingerprint density at radius 1 is 0.973 bits per heavy atom. The maximum absolute atomic E-state index is 12.4. The SMILES string of the molecule is CC(C)COC(=O)N[C@@H](CNC(=O)c1ccc(OCCNC(=O)NCc2ccccc2)cc1O)C(=O)O. The molecule has 37 heavy (non-hydrogen) atoms. The number of nitrogens with one attached hydrogen (secondary N) is 4. The van der Waals surface area contributed by atoms with E-state index < -0.39 is 30.6 Å². The van der Waals surface area contributed by atoms with Crippen molar-refractivity contribution in [1.82, 2.24) is 21.3 Å². The van der Waals surface area contributed by atoms with E-state index in [0.29, 0.717) is 6.54 Å². The third-order valence-corrected chi connectivity index (χ3v) is 4.77. The summed E-state index contributed by atoms with van der Waals surface area (Å²) in [7, 11) is 0. The summed E-state index contributed by atoms with van der Waals surface area (Å²) < 4.78 is 10.4. The summed E-state index contributed by atoms with van der Waals surface area (Å²) >= 11 is 0. The van der Waals surface area contributed by atoms with Crippen molar-refractivity contribution in [3.8, 4) is 11.5 Å². The average molecular weight is 517 g/mol. The highest BCUT2D eigenvalue weighted by Crippen LogP contribution is 2.23. The van der Waals surface area contributed by atoms with Crippen molar-refractivity contribution in [2.75, 3.05) is 26.3 Å². The maximum Gasteiger partial charge on any atom is 0.407 e. The van der Waals surface area contributed by atoms with Gasteiger partial charge in [-0.25, -0.2) is 14.4 Å². The molecule has 0 saturated heterocycles. The first-order chi connectivity index (χ1) is 17.7. The first kappa shape index (κ1) is 28.8. The lowest BCUT2D eigenvalue weighted by Crippen LogP contribution is -2.48. The molecule has 200 valence electrons. The van der Waals surface area contributed by atoms with Gasteiger partial charge in [-0.1, -0.05) is 44.2 Å². The van der Waals surface area contributed by atoms with Crippen LogP contribution in [-0.2, 0) is 16.1 Å².